The lowest BCUT2D eigenvalue weighted by Gasteiger charge is -2.48. The number of aromatic hydroxyl groups is 1. The Morgan fingerprint density at radius 2 is 1.77 bits per heavy atom. The highest BCUT2D eigenvalue weighted by Gasteiger charge is 2.54. The third-order valence-corrected chi connectivity index (χ3v) is 17.5. The molecular weight excluding hydrogens is 985 g/mol. The molecule has 1 aromatic heterocycles. The molecule has 3 aromatic carbocycles. The summed E-state index contributed by atoms with van der Waals surface area (Å²) in [5, 5.41) is 26.9. The van der Waals surface area contributed by atoms with Crippen molar-refractivity contribution >= 4 is 46.4 Å². The first-order valence-corrected chi connectivity index (χ1v) is 28.1. The van der Waals surface area contributed by atoms with Crippen molar-refractivity contribution < 1.29 is 33.8 Å². The number of carbonyl (C=O) groups is 4. The Kier molecular flexibility index (Phi) is 15.8. The summed E-state index contributed by atoms with van der Waals surface area (Å²) in [6.45, 7) is 17.8. The van der Waals surface area contributed by atoms with Crippen LogP contribution in [0.1, 0.15) is 82.7 Å². The number of hydrazine groups is 1. The zero-order valence-corrected chi connectivity index (χ0v) is 46.9. The van der Waals surface area contributed by atoms with Crippen molar-refractivity contribution in [3.8, 4) is 22.9 Å². The average Bonchev–Trinajstić information content (AvgIpc) is 4.31. The zero-order valence-electron chi connectivity index (χ0n) is 46.9. The number of aryl methyl sites for hydroxylation is 1. The van der Waals surface area contributed by atoms with Gasteiger partial charge in [0.1, 0.15) is 23.9 Å². The summed E-state index contributed by atoms with van der Waals surface area (Å²) in [5.74, 6) is -2.20. The van der Waals surface area contributed by atoms with Crippen molar-refractivity contribution in [1.82, 2.24) is 39.9 Å². The molecule has 6 bridgehead atoms. The molecule has 6 heterocycles. The van der Waals surface area contributed by atoms with Gasteiger partial charge >= 0.3 is 5.97 Å². The van der Waals surface area contributed by atoms with Crippen LogP contribution in [-0.4, -0.2) is 174 Å². The van der Waals surface area contributed by atoms with Crippen molar-refractivity contribution in [3.05, 3.63) is 94.8 Å². The van der Waals surface area contributed by atoms with Crippen LogP contribution in [0.25, 0.3) is 27.6 Å². The van der Waals surface area contributed by atoms with E-state index in [4.69, 9.17) is 14.5 Å². The van der Waals surface area contributed by atoms with Gasteiger partial charge in [-0.15, -0.1) is 0 Å². The van der Waals surface area contributed by atoms with E-state index in [1.807, 2.05) is 55.1 Å². The standard InChI is InChI=1S/C61H78N10O7/c1-10-70-51-17-16-40-28-46(51)48(55(70)47-30-43(32-63-52(47)37(4)77-9)68-22-20-66(7)21-23-68)31-61(5,6)35-78-60(76)53-45-29-42(45)33-71(65-53)58(74)50(26-38-24-41(40)27-44(72)25-38)64-57(73)54(36(2)3)67(8)59(75)56-49(34-69(56)19-18-62)39-14-12-11-13-15-39/h11-17,24-25,27-28,32,36-37,42-43,45,49-50,53-54,56,65,72H,10,19-23,26,29-31,33-35H2,1-9H3,(H,64,73)/t37-,42?,43?,45-,49+,50-,53-,54-,56+/m0/s1. The summed E-state index contributed by atoms with van der Waals surface area (Å²) >= 11 is 0. The molecule has 6 aliphatic rings. The van der Waals surface area contributed by atoms with Crippen LogP contribution in [0, 0.1) is 34.5 Å². The summed E-state index contributed by atoms with van der Waals surface area (Å²) in [6, 6.07) is 20.1. The Labute approximate surface area is 459 Å². The molecular formula is C61H78N10O7. The van der Waals surface area contributed by atoms with Crippen LogP contribution in [0.5, 0.6) is 5.75 Å². The Hall–Kier alpha value is -6.42. The van der Waals surface area contributed by atoms with Crippen molar-refractivity contribution in [2.24, 2.45) is 28.2 Å². The van der Waals surface area contributed by atoms with E-state index in [0.29, 0.717) is 31.6 Å². The minimum atomic E-state index is -1.18. The smallest absolute Gasteiger partial charge is 0.325 e. The second kappa shape index (κ2) is 22.4. The number of rotatable bonds is 12. The lowest BCUT2D eigenvalue weighted by Crippen LogP contribution is -2.65. The molecule has 78 heavy (non-hydrogen) atoms. The van der Waals surface area contributed by atoms with E-state index in [1.54, 1.807) is 26.3 Å². The fourth-order valence-electron chi connectivity index (χ4n) is 13.1. The number of aromatic nitrogens is 1. The Bertz CT molecular complexity index is 3040. The molecule has 414 valence electrons. The number of aliphatic imine (C=N–C) groups is 1. The topological polar surface area (TPSA) is 188 Å². The number of hydrogen-bond donors (Lipinski definition) is 3. The number of hydrogen-bond acceptors (Lipinski definition) is 13. The lowest BCUT2D eigenvalue weighted by atomic mass is 9.81. The Morgan fingerprint density at radius 1 is 1.01 bits per heavy atom. The van der Waals surface area contributed by atoms with Crippen LogP contribution in [-0.2, 0) is 48.0 Å². The number of fused-ring (bicyclic) bond motifs is 8. The maximum atomic E-state index is 15.1. The molecule has 10 rings (SSSR count). The van der Waals surface area contributed by atoms with Gasteiger partial charge in [0.15, 0.2) is 0 Å². The fourth-order valence-corrected chi connectivity index (χ4v) is 13.1. The highest BCUT2D eigenvalue weighted by Crippen LogP contribution is 2.46. The number of amides is 3. The summed E-state index contributed by atoms with van der Waals surface area (Å²) in [4.78, 5) is 72.6. The molecule has 3 N–H and O–H groups in total. The monoisotopic (exact) mass is 1060 g/mol. The van der Waals surface area contributed by atoms with Gasteiger partial charge in [0, 0.05) is 106 Å². The molecule has 9 atom stereocenters. The summed E-state index contributed by atoms with van der Waals surface area (Å²) in [6.07, 6.45) is 3.88. The number of benzene rings is 3. The van der Waals surface area contributed by atoms with Crippen LogP contribution in [0.4, 0.5) is 0 Å². The van der Waals surface area contributed by atoms with Gasteiger partial charge in [-0.25, -0.2) is 5.43 Å². The normalized spacial score (nSPS) is 26.6. The SMILES string of the molecule is CCn1c(C2=C([C@H](C)OC)N=CC(N3CCN(C)CC3)C2)c2c3cc(ccc31)-c1cc(O)cc(c1)C[C@H](NC(=O)[C@H](C(C)C)N(C)C(=O)[C@H]1[C@@H](c3ccccc3)CN1CC#N)C(=O)N1CC3C[C@@H]3[C@H](N1)C(=O)OCC(C)(C)C2. The Balaban J connectivity index is 1.04. The first-order valence-electron chi connectivity index (χ1n) is 28.1. The molecule has 2 unspecified atom stereocenters. The third-order valence-electron chi connectivity index (χ3n) is 17.5. The largest absolute Gasteiger partial charge is 0.508 e. The van der Waals surface area contributed by atoms with Crippen LogP contribution < -0.4 is 10.7 Å². The third kappa shape index (κ3) is 10.9. The maximum Gasteiger partial charge on any atom is 0.325 e. The average molecular weight is 1060 g/mol. The van der Waals surface area contributed by atoms with Gasteiger partial charge in [0.05, 0.1) is 42.8 Å². The summed E-state index contributed by atoms with van der Waals surface area (Å²) in [7, 11) is 5.51. The van der Waals surface area contributed by atoms with E-state index < -0.39 is 47.4 Å². The lowest BCUT2D eigenvalue weighted by molar-refractivity contribution is -0.156. The highest BCUT2D eigenvalue weighted by molar-refractivity contribution is 5.96. The maximum absolute atomic E-state index is 15.1. The second-order valence-corrected chi connectivity index (χ2v) is 23.9. The number of esters is 1. The van der Waals surface area contributed by atoms with Crippen LogP contribution in [0.2, 0.25) is 0 Å². The van der Waals surface area contributed by atoms with Crippen LogP contribution in [0.3, 0.4) is 0 Å². The van der Waals surface area contributed by atoms with Crippen LogP contribution in [0.15, 0.2) is 77.4 Å². The molecule has 17 heteroatoms. The number of cyclic esters (lactones) is 1. The van der Waals surface area contributed by atoms with Gasteiger partial charge in [-0.05, 0) is 110 Å². The van der Waals surface area contributed by atoms with E-state index in [9.17, 15) is 24.8 Å². The second-order valence-electron chi connectivity index (χ2n) is 23.9. The molecule has 1 saturated carbocycles. The molecule has 4 fully saturated rings. The number of carbonyl (C=O) groups excluding carboxylic acids is 4. The van der Waals surface area contributed by atoms with E-state index in [2.05, 4.69) is 90.3 Å². The van der Waals surface area contributed by atoms with Gasteiger partial charge in [-0.3, -0.25) is 39.0 Å². The highest BCUT2D eigenvalue weighted by atomic mass is 16.5. The van der Waals surface area contributed by atoms with Gasteiger partial charge < -0.3 is 34.3 Å². The molecule has 1 aliphatic carbocycles. The molecule has 17 nitrogen and oxygen atoms in total. The number of ether oxygens (including phenoxy) is 2. The van der Waals surface area contributed by atoms with E-state index >= 15 is 4.79 Å². The molecule has 3 amide bonds. The predicted molar refractivity (Wildman–Crippen MR) is 300 cm³/mol. The van der Waals surface area contributed by atoms with Gasteiger partial charge in [0.2, 0.25) is 11.8 Å². The first-order chi connectivity index (χ1) is 37.4. The number of nitriles is 1. The van der Waals surface area contributed by atoms with E-state index in [0.717, 1.165) is 89.1 Å². The fraction of sp³-hybridized carbons (Fsp3) is 0.541. The zero-order chi connectivity index (χ0) is 55.3. The predicted octanol–water partition coefficient (Wildman–Crippen LogP) is 5.85. The summed E-state index contributed by atoms with van der Waals surface area (Å²) in [5.41, 5.74) is 11.2. The number of methoxy groups -OCH3 is 1. The molecule has 3 saturated heterocycles. The van der Waals surface area contributed by atoms with E-state index in [1.165, 1.54) is 9.91 Å². The molecule has 0 radical (unpaired) electrons. The van der Waals surface area contributed by atoms with Crippen LogP contribution >= 0.6 is 0 Å². The van der Waals surface area contributed by atoms with Crippen molar-refractivity contribution in [2.75, 3.05) is 73.6 Å². The minimum Gasteiger partial charge on any atom is -0.508 e. The van der Waals surface area contributed by atoms with Crippen molar-refractivity contribution in [2.45, 2.75) is 116 Å². The Morgan fingerprint density at radius 3 is 2.47 bits per heavy atom. The summed E-state index contributed by atoms with van der Waals surface area (Å²) < 4.78 is 14.8. The quantitative estimate of drug-likeness (QED) is 0.114. The molecule has 0 spiro atoms. The minimum absolute atomic E-state index is 0.00146. The number of nitrogens with one attached hydrogen (secondary N) is 2. The number of piperazine rings is 1. The number of likely N-dealkylation sites (N-methyl/N-ethyl adjacent to an activating group) is 2. The number of phenolic OH excluding ortho intramolecular Hbond substituents is 1. The number of nitrogens with zero attached hydrogens (tertiary/aromatic N) is 8. The number of phenols is 1. The number of likely N-dealkylation sites (tertiary alicyclic amines) is 1. The first kappa shape index (κ1) is 54.9. The van der Waals surface area contributed by atoms with Gasteiger partial charge in [-0.2, -0.15) is 5.26 Å². The molecule has 4 aromatic rings. The van der Waals surface area contributed by atoms with Gasteiger partial charge in [-0.1, -0.05) is 70.2 Å². The van der Waals surface area contributed by atoms with Crippen molar-refractivity contribution in [3.63, 3.8) is 0 Å². The van der Waals surface area contributed by atoms with Gasteiger partial charge in [0.25, 0.3) is 5.91 Å². The molecule has 5 aliphatic heterocycles. The van der Waals surface area contributed by atoms with Crippen molar-refractivity contribution in [1.29, 1.82) is 5.26 Å². The van der Waals surface area contributed by atoms with E-state index in [-0.39, 0.29) is 67.0 Å².